The summed E-state index contributed by atoms with van der Waals surface area (Å²) in [6.07, 6.45) is 2.11. The molecule has 0 atom stereocenters. The Balaban J connectivity index is 2.52. The lowest BCUT2D eigenvalue weighted by atomic mass is 10.2. The molecule has 1 heterocycles. The van der Waals surface area contributed by atoms with Crippen molar-refractivity contribution in [1.29, 1.82) is 0 Å². The molecule has 2 aliphatic rings. The predicted octanol–water partition coefficient (Wildman–Crippen LogP) is 2.61. The number of benzene rings is 1. The topological polar surface area (TPSA) is 20.7 Å². The Bertz CT molecular complexity index is 530. The van der Waals surface area contributed by atoms with Crippen molar-refractivity contribution >= 4 is 10.8 Å². The van der Waals surface area contributed by atoms with Crippen LogP contribution < -0.4 is 0 Å². The fourth-order valence-electron chi connectivity index (χ4n) is 1.89. The van der Waals surface area contributed by atoms with Gasteiger partial charge < -0.3 is 0 Å². The molecule has 0 bridgehead atoms. The number of fused-ring (bicyclic) bond motifs is 3. The standard InChI is InChI=1S/C11H10N2/c1-13-7-9-6-8-4-2-3-5-10(8)11(9)12-13/h2-7,12H,1H3. The second-order valence-corrected chi connectivity index (χ2v) is 3.41. The van der Waals surface area contributed by atoms with Crippen LogP contribution in [0.15, 0.2) is 36.5 Å². The molecule has 0 saturated heterocycles. The average Bonchev–Trinajstić information content (AvgIpc) is 2.60. The summed E-state index contributed by atoms with van der Waals surface area (Å²) in [5.74, 6) is 0. The number of hydrogen-bond acceptors (Lipinski definition) is 0. The molecule has 0 saturated carbocycles. The Labute approximate surface area is 76.1 Å². The molecule has 0 spiro atoms. The highest BCUT2D eigenvalue weighted by Crippen LogP contribution is 2.32. The van der Waals surface area contributed by atoms with Crippen LogP contribution in [0.3, 0.4) is 0 Å². The first kappa shape index (κ1) is 6.78. The molecule has 1 aliphatic carbocycles. The van der Waals surface area contributed by atoms with Gasteiger partial charge in [-0.3, -0.25) is 9.78 Å². The Kier molecular flexibility index (Phi) is 1.13. The van der Waals surface area contributed by atoms with Crippen molar-refractivity contribution < 1.29 is 0 Å². The average molecular weight is 170 g/mol. The molecule has 0 amide bonds. The number of hydrogen-bond donors (Lipinski definition) is 1. The molecule has 64 valence electrons. The number of H-pyrrole nitrogens is 1. The van der Waals surface area contributed by atoms with Gasteiger partial charge in [-0.15, -0.1) is 0 Å². The van der Waals surface area contributed by atoms with Crippen LogP contribution in [0.25, 0.3) is 22.0 Å². The summed E-state index contributed by atoms with van der Waals surface area (Å²) in [6, 6.07) is 10.6. The molecule has 1 aromatic carbocycles. The molecule has 0 fully saturated rings. The van der Waals surface area contributed by atoms with Crippen molar-refractivity contribution in [3.63, 3.8) is 0 Å². The normalized spacial score (nSPS) is 11.5. The van der Waals surface area contributed by atoms with Crippen LogP contribution in [-0.2, 0) is 7.05 Å². The largest absolute Gasteiger partial charge is 0.298 e. The van der Waals surface area contributed by atoms with Gasteiger partial charge in [-0.25, -0.2) is 0 Å². The van der Waals surface area contributed by atoms with Gasteiger partial charge in [0, 0.05) is 24.2 Å². The molecule has 0 unspecified atom stereocenters. The molecule has 1 aliphatic heterocycles. The van der Waals surface area contributed by atoms with Crippen molar-refractivity contribution in [3.8, 4) is 11.3 Å². The van der Waals surface area contributed by atoms with E-state index in [9.17, 15) is 0 Å². The van der Waals surface area contributed by atoms with Gasteiger partial charge in [0.2, 0.25) is 0 Å². The van der Waals surface area contributed by atoms with Crippen LogP contribution in [0, 0.1) is 0 Å². The second kappa shape index (κ2) is 2.16. The number of aromatic nitrogens is 2. The number of aryl methyl sites for hydroxylation is 1. The van der Waals surface area contributed by atoms with Crippen molar-refractivity contribution in [2.45, 2.75) is 0 Å². The van der Waals surface area contributed by atoms with Gasteiger partial charge in [0.05, 0.1) is 5.69 Å². The first-order valence-corrected chi connectivity index (χ1v) is 4.37. The van der Waals surface area contributed by atoms with Crippen LogP contribution in [0.1, 0.15) is 0 Å². The van der Waals surface area contributed by atoms with E-state index in [1.54, 1.807) is 0 Å². The van der Waals surface area contributed by atoms with E-state index in [2.05, 4.69) is 41.6 Å². The summed E-state index contributed by atoms with van der Waals surface area (Å²) < 4.78 is 1.98. The van der Waals surface area contributed by atoms with E-state index in [0.29, 0.717) is 0 Å². The third-order valence-corrected chi connectivity index (χ3v) is 2.45. The van der Waals surface area contributed by atoms with Crippen molar-refractivity contribution in [1.82, 2.24) is 9.78 Å². The third kappa shape index (κ3) is 0.827. The van der Waals surface area contributed by atoms with Crippen molar-refractivity contribution in [2.24, 2.45) is 7.05 Å². The zero-order valence-corrected chi connectivity index (χ0v) is 7.41. The zero-order valence-electron chi connectivity index (χ0n) is 7.41. The number of rotatable bonds is 0. The van der Waals surface area contributed by atoms with Crippen molar-refractivity contribution in [2.75, 3.05) is 0 Å². The van der Waals surface area contributed by atoms with Gasteiger partial charge in [0.15, 0.2) is 0 Å². The SMILES string of the molecule is Cn1cc2cc3ccccc3c-2[nH]1. The summed E-state index contributed by atoms with van der Waals surface area (Å²) in [4.78, 5) is 0. The molecule has 2 nitrogen and oxygen atoms in total. The fraction of sp³-hybridized carbons (Fsp3) is 0.0909. The van der Waals surface area contributed by atoms with E-state index in [4.69, 9.17) is 0 Å². The molecule has 0 aromatic heterocycles. The third-order valence-electron chi connectivity index (χ3n) is 2.45. The van der Waals surface area contributed by atoms with E-state index in [1.165, 1.54) is 22.0 Å². The molecule has 3 rings (SSSR count). The lowest BCUT2D eigenvalue weighted by molar-refractivity contribution is 0.775. The van der Waals surface area contributed by atoms with Crippen LogP contribution in [0.4, 0.5) is 0 Å². The molecule has 13 heavy (non-hydrogen) atoms. The molecular weight excluding hydrogens is 160 g/mol. The highest BCUT2D eigenvalue weighted by atomic mass is 15.3. The first-order chi connectivity index (χ1) is 6.34. The lowest BCUT2D eigenvalue weighted by Crippen LogP contribution is -1.85. The maximum absolute atomic E-state index is 3.30. The minimum absolute atomic E-state index is 1.23. The Morgan fingerprint density at radius 2 is 2.08 bits per heavy atom. The van der Waals surface area contributed by atoms with E-state index in [1.807, 2.05) is 11.7 Å². The monoisotopic (exact) mass is 170 g/mol. The summed E-state index contributed by atoms with van der Waals surface area (Å²) in [6.45, 7) is 0. The number of aromatic amines is 1. The van der Waals surface area contributed by atoms with Crippen LogP contribution >= 0.6 is 0 Å². The molecule has 2 heteroatoms. The summed E-state index contributed by atoms with van der Waals surface area (Å²) in [7, 11) is 2.01. The number of nitrogens with zero attached hydrogens (tertiary/aromatic N) is 1. The van der Waals surface area contributed by atoms with Crippen molar-refractivity contribution in [3.05, 3.63) is 36.5 Å². The van der Waals surface area contributed by atoms with Crippen LogP contribution in [-0.4, -0.2) is 9.78 Å². The fourth-order valence-corrected chi connectivity index (χ4v) is 1.89. The van der Waals surface area contributed by atoms with Gasteiger partial charge in [-0.2, -0.15) is 0 Å². The smallest absolute Gasteiger partial charge is 0.0708 e. The zero-order chi connectivity index (χ0) is 8.84. The Morgan fingerprint density at radius 3 is 3.00 bits per heavy atom. The maximum atomic E-state index is 3.30. The summed E-state index contributed by atoms with van der Waals surface area (Å²) >= 11 is 0. The molecule has 1 N–H and O–H groups in total. The van der Waals surface area contributed by atoms with E-state index < -0.39 is 0 Å². The van der Waals surface area contributed by atoms with Crippen LogP contribution in [0.2, 0.25) is 0 Å². The van der Waals surface area contributed by atoms with E-state index in [-0.39, 0.29) is 0 Å². The molecule has 0 radical (unpaired) electrons. The quantitative estimate of drug-likeness (QED) is 0.535. The van der Waals surface area contributed by atoms with Gasteiger partial charge in [0.1, 0.15) is 0 Å². The molecule has 1 aromatic rings. The summed E-state index contributed by atoms with van der Waals surface area (Å²) in [5.41, 5.74) is 2.52. The first-order valence-electron chi connectivity index (χ1n) is 4.37. The minimum Gasteiger partial charge on any atom is -0.298 e. The predicted molar refractivity (Wildman–Crippen MR) is 53.9 cm³/mol. The van der Waals surface area contributed by atoms with Gasteiger partial charge in [-0.05, 0) is 11.5 Å². The second-order valence-electron chi connectivity index (χ2n) is 3.41. The maximum Gasteiger partial charge on any atom is 0.0708 e. The van der Waals surface area contributed by atoms with E-state index in [0.717, 1.165) is 0 Å². The summed E-state index contributed by atoms with van der Waals surface area (Å²) in [5, 5.41) is 5.91. The van der Waals surface area contributed by atoms with E-state index >= 15 is 0 Å². The van der Waals surface area contributed by atoms with Gasteiger partial charge in [0.25, 0.3) is 0 Å². The van der Waals surface area contributed by atoms with Crippen LogP contribution in [0.5, 0.6) is 0 Å². The number of nitrogens with one attached hydrogen (secondary N) is 1. The minimum atomic E-state index is 1.23. The highest BCUT2D eigenvalue weighted by molar-refractivity contribution is 6.00. The molecular formula is C11H10N2. The Hall–Kier alpha value is -1.70. The van der Waals surface area contributed by atoms with Gasteiger partial charge >= 0.3 is 0 Å². The lowest BCUT2D eigenvalue weighted by Gasteiger charge is -1.91. The highest BCUT2D eigenvalue weighted by Gasteiger charge is 2.10. The van der Waals surface area contributed by atoms with Gasteiger partial charge in [-0.1, -0.05) is 24.3 Å². The Morgan fingerprint density at radius 1 is 1.23 bits per heavy atom.